The number of carbonyl (C=O) groups is 3. The average molecular weight is 296 g/mol. The van der Waals surface area contributed by atoms with Gasteiger partial charge in [0, 0.05) is 23.6 Å². The van der Waals surface area contributed by atoms with Gasteiger partial charge >= 0.3 is 5.97 Å². The van der Waals surface area contributed by atoms with Crippen molar-refractivity contribution in [2.24, 2.45) is 0 Å². The van der Waals surface area contributed by atoms with E-state index in [2.05, 4.69) is 0 Å². The molecule has 0 aliphatic heterocycles. The number of hydrogen-bond acceptors (Lipinski definition) is 5. The number of carbonyl (C=O) groups excluding carboxylic acids is 3. The van der Waals surface area contributed by atoms with Crippen LogP contribution in [0.25, 0.3) is 0 Å². The van der Waals surface area contributed by atoms with E-state index in [4.69, 9.17) is 4.74 Å². The summed E-state index contributed by atoms with van der Waals surface area (Å²) < 4.78 is 4.86. The lowest BCUT2D eigenvalue weighted by molar-refractivity contribution is -0.142. The Bertz CT molecular complexity index is 820. The molecule has 0 bridgehead atoms. The average Bonchev–Trinajstić information content (AvgIpc) is 2.50. The fourth-order valence-corrected chi connectivity index (χ4v) is 2.53. The molecule has 0 aromatic heterocycles. The summed E-state index contributed by atoms with van der Waals surface area (Å²) in [6, 6.07) is 9.30. The predicted molar refractivity (Wildman–Crippen MR) is 76.9 cm³/mol. The molecule has 1 aliphatic carbocycles. The zero-order chi connectivity index (χ0) is 15.9. The number of rotatable bonds is 2. The molecule has 22 heavy (non-hydrogen) atoms. The molecule has 5 heteroatoms. The zero-order valence-corrected chi connectivity index (χ0v) is 11.8. The molecule has 1 aliphatic rings. The third-order valence-electron chi connectivity index (χ3n) is 3.51. The third-order valence-corrected chi connectivity index (χ3v) is 3.51. The monoisotopic (exact) mass is 296 g/mol. The number of fused-ring (bicyclic) bond motifs is 2. The van der Waals surface area contributed by atoms with Crippen LogP contribution >= 0.6 is 0 Å². The first-order valence-corrected chi connectivity index (χ1v) is 6.66. The van der Waals surface area contributed by atoms with Crippen molar-refractivity contribution in [1.82, 2.24) is 0 Å². The quantitative estimate of drug-likeness (QED) is 0.733. The number of ether oxygens (including phenoxy) is 1. The molecular formula is C17H12O5. The molecule has 1 N–H and O–H groups in total. The molecule has 110 valence electrons. The van der Waals surface area contributed by atoms with Gasteiger partial charge in [-0.3, -0.25) is 14.4 Å². The van der Waals surface area contributed by atoms with Gasteiger partial charge in [-0.15, -0.1) is 0 Å². The van der Waals surface area contributed by atoms with Gasteiger partial charge in [-0.1, -0.05) is 24.3 Å². The van der Waals surface area contributed by atoms with Gasteiger partial charge in [0.2, 0.25) is 0 Å². The van der Waals surface area contributed by atoms with Crippen molar-refractivity contribution < 1.29 is 24.2 Å². The molecule has 0 radical (unpaired) electrons. The third kappa shape index (κ3) is 2.16. The van der Waals surface area contributed by atoms with Gasteiger partial charge in [0.15, 0.2) is 11.6 Å². The number of benzene rings is 2. The molecular weight excluding hydrogens is 284 g/mol. The van der Waals surface area contributed by atoms with Gasteiger partial charge in [-0.05, 0) is 17.7 Å². The summed E-state index contributed by atoms with van der Waals surface area (Å²) in [7, 11) is 0. The van der Waals surface area contributed by atoms with Crippen LogP contribution in [-0.4, -0.2) is 22.6 Å². The summed E-state index contributed by atoms with van der Waals surface area (Å²) in [5.74, 6) is -1.47. The minimum atomic E-state index is -0.468. The fraction of sp³-hybridized carbons (Fsp3) is 0.118. The van der Waals surface area contributed by atoms with Gasteiger partial charge in [0.1, 0.15) is 12.4 Å². The molecule has 0 unspecified atom stereocenters. The fourth-order valence-electron chi connectivity index (χ4n) is 2.53. The smallest absolute Gasteiger partial charge is 0.302 e. The second kappa shape index (κ2) is 5.11. The normalized spacial score (nSPS) is 12.6. The lowest BCUT2D eigenvalue weighted by Gasteiger charge is -2.19. The van der Waals surface area contributed by atoms with E-state index in [0.29, 0.717) is 11.1 Å². The highest BCUT2D eigenvalue weighted by atomic mass is 16.5. The van der Waals surface area contributed by atoms with Gasteiger partial charge in [0.05, 0.1) is 5.56 Å². The summed E-state index contributed by atoms with van der Waals surface area (Å²) in [4.78, 5) is 35.8. The van der Waals surface area contributed by atoms with E-state index < -0.39 is 5.97 Å². The summed E-state index contributed by atoms with van der Waals surface area (Å²) in [5.41, 5.74) is 1.17. The summed E-state index contributed by atoms with van der Waals surface area (Å²) in [6.45, 7) is 1.20. The predicted octanol–water partition coefficient (Wildman–Crippen LogP) is 2.23. The van der Waals surface area contributed by atoms with Crippen molar-refractivity contribution in [1.29, 1.82) is 0 Å². The number of phenolic OH excluding ortho intramolecular Hbond substituents is 1. The van der Waals surface area contributed by atoms with E-state index in [0.717, 1.165) is 0 Å². The van der Waals surface area contributed by atoms with Crippen molar-refractivity contribution in [2.75, 3.05) is 0 Å². The van der Waals surface area contributed by atoms with Crippen LogP contribution < -0.4 is 0 Å². The van der Waals surface area contributed by atoms with E-state index in [1.165, 1.54) is 19.1 Å². The summed E-state index contributed by atoms with van der Waals surface area (Å²) >= 11 is 0. The molecule has 0 amide bonds. The Labute approximate surface area is 126 Å². The molecule has 0 saturated heterocycles. The first-order valence-electron chi connectivity index (χ1n) is 6.66. The van der Waals surface area contributed by atoms with E-state index in [1.54, 1.807) is 24.3 Å². The van der Waals surface area contributed by atoms with Crippen LogP contribution in [0.15, 0.2) is 36.4 Å². The van der Waals surface area contributed by atoms with Gasteiger partial charge in [0.25, 0.3) is 0 Å². The highest BCUT2D eigenvalue weighted by Crippen LogP contribution is 2.33. The van der Waals surface area contributed by atoms with Gasteiger partial charge in [-0.25, -0.2) is 0 Å². The van der Waals surface area contributed by atoms with Crippen molar-refractivity contribution >= 4 is 17.5 Å². The van der Waals surface area contributed by atoms with Gasteiger partial charge < -0.3 is 9.84 Å². The lowest BCUT2D eigenvalue weighted by atomic mass is 9.83. The Hall–Kier alpha value is -2.95. The second-order valence-electron chi connectivity index (χ2n) is 5.02. The first kappa shape index (κ1) is 14.0. The van der Waals surface area contributed by atoms with Crippen molar-refractivity contribution in [3.63, 3.8) is 0 Å². The minimum Gasteiger partial charge on any atom is -0.507 e. The highest BCUT2D eigenvalue weighted by Gasteiger charge is 2.32. The van der Waals surface area contributed by atoms with Crippen LogP contribution in [0.5, 0.6) is 5.75 Å². The Kier molecular flexibility index (Phi) is 3.25. The number of hydrogen-bond donors (Lipinski definition) is 1. The van der Waals surface area contributed by atoms with E-state index in [-0.39, 0.29) is 40.6 Å². The Morgan fingerprint density at radius 2 is 1.68 bits per heavy atom. The minimum absolute atomic E-state index is 0.00437. The maximum Gasteiger partial charge on any atom is 0.302 e. The Morgan fingerprint density at radius 3 is 2.32 bits per heavy atom. The van der Waals surface area contributed by atoms with Gasteiger partial charge in [-0.2, -0.15) is 0 Å². The SMILES string of the molecule is CC(=O)OCc1cc(O)c2c(c1)C(=O)c1ccccc1C2=O. The maximum absolute atomic E-state index is 12.5. The maximum atomic E-state index is 12.5. The first-order chi connectivity index (χ1) is 10.5. The molecule has 2 aromatic rings. The van der Waals surface area contributed by atoms with Crippen molar-refractivity contribution in [3.8, 4) is 5.75 Å². The molecule has 0 spiro atoms. The molecule has 0 fully saturated rings. The molecule has 3 rings (SSSR count). The molecule has 5 nitrogen and oxygen atoms in total. The highest BCUT2D eigenvalue weighted by molar-refractivity contribution is 6.29. The van der Waals surface area contributed by atoms with E-state index >= 15 is 0 Å². The number of aromatic hydroxyl groups is 1. The van der Waals surface area contributed by atoms with Crippen LogP contribution in [0.1, 0.15) is 44.3 Å². The largest absolute Gasteiger partial charge is 0.507 e. The van der Waals surface area contributed by atoms with E-state index in [9.17, 15) is 19.5 Å². The van der Waals surface area contributed by atoms with Crippen LogP contribution in [0.4, 0.5) is 0 Å². The lowest BCUT2D eigenvalue weighted by Crippen LogP contribution is -2.21. The van der Waals surface area contributed by atoms with Crippen molar-refractivity contribution in [2.45, 2.75) is 13.5 Å². The molecule has 0 saturated carbocycles. The molecule has 2 aromatic carbocycles. The van der Waals surface area contributed by atoms with Crippen molar-refractivity contribution in [3.05, 3.63) is 64.2 Å². The van der Waals surface area contributed by atoms with E-state index in [1.807, 2.05) is 0 Å². The van der Waals surface area contributed by atoms with Crippen LogP contribution in [-0.2, 0) is 16.1 Å². The topological polar surface area (TPSA) is 80.7 Å². The zero-order valence-electron chi connectivity index (χ0n) is 11.8. The Morgan fingerprint density at radius 1 is 1.05 bits per heavy atom. The summed E-state index contributed by atoms with van der Waals surface area (Å²) in [6.07, 6.45) is 0. The molecule has 0 heterocycles. The standard InChI is InChI=1S/C17H12O5/c1-9(18)22-8-10-6-13-15(14(19)7-10)17(21)12-5-3-2-4-11(12)16(13)20/h2-7,19H,8H2,1H3. The van der Waals surface area contributed by atoms with Crippen LogP contribution in [0.3, 0.4) is 0 Å². The second-order valence-corrected chi connectivity index (χ2v) is 5.02. The van der Waals surface area contributed by atoms with Crippen LogP contribution in [0, 0.1) is 0 Å². The Balaban J connectivity index is 2.12. The van der Waals surface area contributed by atoms with Crippen LogP contribution in [0.2, 0.25) is 0 Å². The molecule has 0 atom stereocenters. The number of phenols is 1. The number of esters is 1. The summed E-state index contributed by atoms with van der Waals surface area (Å²) in [5, 5.41) is 10.1. The number of ketones is 2.